The molecule has 0 aliphatic heterocycles. The van der Waals surface area contributed by atoms with Gasteiger partial charge in [-0.25, -0.2) is 0 Å². The van der Waals surface area contributed by atoms with Crippen molar-refractivity contribution in [2.75, 3.05) is 119 Å². The van der Waals surface area contributed by atoms with Gasteiger partial charge in [0.15, 0.2) is 0 Å². The molecule has 10 heteroatoms. The second-order valence-corrected chi connectivity index (χ2v) is 5.52. The Bertz CT molecular complexity index is 307. The first kappa shape index (κ1) is 28.3. The highest BCUT2D eigenvalue weighted by Crippen LogP contribution is 1.85. The van der Waals surface area contributed by atoms with Crippen molar-refractivity contribution >= 4 is 6.29 Å². The van der Waals surface area contributed by atoms with E-state index in [9.17, 15) is 4.79 Å². The van der Waals surface area contributed by atoms with Crippen LogP contribution in [0.4, 0.5) is 0 Å². The number of rotatable bonds is 26. The molecule has 0 radical (unpaired) electrons. The lowest BCUT2D eigenvalue weighted by Crippen LogP contribution is -2.15. The number of aldehydes is 1. The molecule has 10 nitrogen and oxygen atoms in total. The van der Waals surface area contributed by atoms with Gasteiger partial charge in [0.25, 0.3) is 0 Å². The van der Waals surface area contributed by atoms with Gasteiger partial charge < -0.3 is 47.4 Å². The minimum absolute atomic E-state index is 0.107. The Balaban J connectivity index is 2.97. The fourth-order valence-electron chi connectivity index (χ4n) is 1.81. The molecular formula is C19H38O10. The van der Waals surface area contributed by atoms with Gasteiger partial charge in [-0.2, -0.15) is 0 Å². The predicted octanol–water partition coefficient (Wildman–Crippen LogP) is -0.0355. The molecule has 0 N–H and O–H groups in total. The Kier molecular flexibility index (Phi) is 26.7. The molecule has 0 saturated carbocycles. The molecule has 0 unspecified atom stereocenters. The molecule has 0 heterocycles. The molecule has 0 atom stereocenters. The van der Waals surface area contributed by atoms with Crippen molar-refractivity contribution in [2.24, 2.45) is 0 Å². The van der Waals surface area contributed by atoms with Crippen LogP contribution in [-0.2, 0) is 47.4 Å². The molecule has 0 rings (SSSR count). The summed E-state index contributed by atoms with van der Waals surface area (Å²) >= 11 is 0. The van der Waals surface area contributed by atoms with E-state index in [4.69, 9.17) is 42.6 Å². The number of carbonyl (C=O) groups is 1. The third kappa shape index (κ3) is 27.3. The first-order chi connectivity index (χ1) is 14.4. The van der Waals surface area contributed by atoms with Crippen LogP contribution in [0, 0.1) is 0 Å². The van der Waals surface area contributed by atoms with Gasteiger partial charge in [0.05, 0.1) is 106 Å². The van der Waals surface area contributed by atoms with Crippen LogP contribution >= 0.6 is 0 Å². The summed E-state index contributed by atoms with van der Waals surface area (Å²) in [5.74, 6) is 0. The lowest BCUT2D eigenvalue weighted by Gasteiger charge is -2.08. The average molecular weight is 427 g/mol. The molecule has 0 aromatic heterocycles. The van der Waals surface area contributed by atoms with E-state index in [1.807, 2.05) is 0 Å². The zero-order chi connectivity index (χ0) is 21.1. The molecule has 0 spiro atoms. The molecule has 0 bridgehead atoms. The zero-order valence-corrected chi connectivity index (χ0v) is 17.7. The maximum absolute atomic E-state index is 10.0. The smallest absolute Gasteiger partial charge is 0.145 e. The van der Waals surface area contributed by atoms with Gasteiger partial charge in [0.2, 0.25) is 0 Å². The van der Waals surface area contributed by atoms with Crippen LogP contribution < -0.4 is 0 Å². The maximum atomic E-state index is 10.0. The topological polar surface area (TPSA) is 100 Å². The summed E-state index contributed by atoms with van der Waals surface area (Å²) in [7, 11) is 1.64. The largest absolute Gasteiger partial charge is 0.382 e. The highest BCUT2D eigenvalue weighted by Gasteiger charge is 1.95. The van der Waals surface area contributed by atoms with Crippen molar-refractivity contribution in [3.8, 4) is 0 Å². The molecule has 0 aliphatic carbocycles. The van der Waals surface area contributed by atoms with Gasteiger partial charge in [0, 0.05) is 7.11 Å². The molecule has 174 valence electrons. The second-order valence-electron chi connectivity index (χ2n) is 5.52. The minimum Gasteiger partial charge on any atom is -0.382 e. The Morgan fingerprint density at radius 2 is 0.655 bits per heavy atom. The van der Waals surface area contributed by atoms with Crippen molar-refractivity contribution < 1.29 is 47.4 Å². The average Bonchev–Trinajstić information content (AvgIpc) is 2.74. The Labute approximate surface area is 173 Å². The molecule has 0 aromatic carbocycles. The summed E-state index contributed by atoms with van der Waals surface area (Å²) < 4.78 is 47.2. The number of hydrogen-bond donors (Lipinski definition) is 0. The van der Waals surface area contributed by atoms with Crippen LogP contribution in [0.5, 0.6) is 0 Å². The summed E-state index contributed by atoms with van der Waals surface area (Å²) in [4.78, 5) is 10.0. The SMILES string of the molecule is COCCOCCOCCOCCOCCOCCOCCOCCOCC=O. The maximum Gasteiger partial charge on any atom is 0.145 e. The highest BCUT2D eigenvalue weighted by atomic mass is 16.6. The Hall–Kier alpha value is -0.690. The number of ether oxygens (including phenoxy) is 9. The second kappa shape index (κ2) is 27.3. The Morgan fingerprint density at radius 1 is 0.414 bits per heavy atom. The fourth-order valence-corrected chi connectivity index (χ4v) is 1.81. The number of hydrogen-bond acceptors (Lipinski definition) is 10. The summed E-state index contributed by atoms with van der Waals surface area (Å²) in [5, 5.41) is 0. The van der Waals surface area contributed by atoms with Gasteiger partial charge in [-0.05, 0) is 0 Å². The van der Waals surface area contributed by atoms with Crippen LogP contribution in [0.25, 0.3) is 0 Å². The van der Waals surface area contributed by atoms with E-state index in [1.54, 1.807) is 7.11 Å². The van der Waals surface area contributed by atoms with E-state index in [0.29, 0.717) is 112 Å². The van der Waals surface area contributed by atoms with Crippen molar-refractivity contribution in [1.82, 2.24) is 0 Å². The van der Waals surface area contributed by atoms with E-state index < -0.39 is 0 Å². The van der Waals surface area contributed by atoms with Crippen LogP contribution in [0.1, 0.15) is 0 Å². The van der Waals surface area contributed by atoms with Crippen molar-refractivity contribution in [1.29, 1.82) is 0 Å². The normalized spacial score (nSPS) is 11.2. The summed E-state index contributed by atoms with van der Waals surface area (Å²) in [6.07, 6.45) is 0.712. The van der Waals surface area contributed by atoms with Crippen LogP contribution in [0.3, 0.4) is 0 Å². The minimum atomic E-state index is 0.107. The van der Waals surface area contributed by atoms with Crippen LogP contribution in [0.2, 0.25) is 0 Å². The first-order valence-electron chi connectivity index (χ1n) is 9.96. The van der Waals surface area contributed by atoms with E-state index in [0.717, 1.165) is 0 Å². The molecule has 0 saturated heterocycles. The van der Waals surface area contributed by atoms with Gasteiger partial charge in [-0.3, -0.25) is 0 Å². The van der Waals surface area contributed by atoms with E-state index in [2.05, 4.69) is 0 Å². The third-order valence-electron chi connectivity index (χ3n) is 3.22. The summed E-state index contributed by atoms with van der Waals surface area (Å²) in [5.41, 5.74) is 0. The van der Waals surface area contributed by atoms with E-state index in [-0.39, 0.29) is 6.61 Å². The monoisotopic (exact) mass is 426 g/mol. The molecule has 0 aliphatic rings. The van der Waals surface area contributed by atoms with Crippen molar-refractivity contribution in [2.45, 2.75) is 0 Å². The first-order valence-corrected chi connectivity index (χ1v) is 9.96. The Morgan fingerprint density at radius 3 is 0.897 bits per heavy atom. The van der Waals surface area contributed by atoms with Gasteiger partial charge in [0.1, 0.15) is 12.9 Å². The van der Waals surface area contributed by atoms with Gasteiger partial charge >= 0.3 is 0 Å². The lowest BCUT2D eigenvalue weighted by atomic mass is 10.6. The van der Waals surface area contributed by atoms with Gasteiger partial charge in [-0.1, -0.05) is 0 Å². The third-order valence-corrected chi connectivity index (χ3v) is 3.22. The predicted molar refractivity (Wildman–Crippen MR) is 104 cm³/mol. The lowest BCUT2D eigenvalue weighted by molar-refractivity contribution is -0.112. The highest BCUT2D eigenvalue weighted by molar-refractivity contribution is 5.50. The fraction of sp³-hybridized carbons (Fsp3) is 0.947. The quantitative estimate of drug-likeness (QED) is 0.138. The van der Waals surface area contributed by atoms with Crippen LogP contribution in [-0.4, -0.2) is 126 Å². The molecule has 29 heavy (non-hydrogen) atoms. The summed E-state index contributed by atoms with van der Waals surface area (Å²) in [6.45, 7) is 8.40. The van der Waals surface area contributed by atoms with Gasteiger partial charge in [-0.15, -0.1) is 0 Å². The van der Waals surface area contributed by atoms with E-state index in [1.165, 1.54) is 0 Å². The van der Waals surface area contributed by atoms with Crippen molar-refractivity contribution in [3.63, 3.8) is 0 Å². The van der Waals surface area contributed by atoms with E-state index >= 15 is 0 Å². The molecule has 0 amide bonds. The summed E-state index contributed by atoms with van der Waals surface area (Å²) in [6, 6.07) is 0. The molecule has 0 fully saturated rings. The molecular weight excluding hydrogens is 388 g/mol. The van der Waals surface area contributed by atoms with Crippen molar-refractivity contribution in [3.05, 3.63) is 0 Å². The zero-order valence-electron chi connectivity index (χ0n) is 17.7. The number of carbonyl (C=O) groups excluding carboxylic acids is 1. The van der Waals surface area contributed by atoms with Crippen LogP contribution in [0.15, 0.2) is 0 Å². The standard InChI is InChI=1S/C19H38O10/c1-21-4-5-23-8-9-25-12-13-27-16-17-29-19-18-28-15-14-26-11-10-24-7-6-22-3-2-20/h2H,3-19H2,1H3. The number of methoxy groups -OCH3 is 1. The molecule has 0 aromatic rings.